The molecule has 5 rings (SSSR count). The van der Waals surface area contributed by atoms with Crippen LogP contribution in [0.5, 0.6) is 5.75 Å². The van der Waals surface area contributed by atoms with Crippen molar-refractivity contribution >= 4 is 28.8 Å². The molecule has 1 aromatic carbocycles. The summed E-state index contributed by atoms with van der Waals surface area (Å²) in [6.45, 7) is 3.95. The van der Waals surface area contributed by atoms with E-state index in [2.05, 4.69) is 30.9 Å². The summed E-state index contributed by atoms with van der Waals surface area (Å²) >= 11 is 0. The van der Waals surface area contributed by atoms with Crippen molar-refractivity contribution in [3.63, 3.8) is 0 Å². The standard InChI is InChI=1S/C26H25F2N9O3/c1-5-36-22(26(39)33-18-12-29-35(3)14(18)2)19(13-30-36)34-25(38)16-11-31-37-20(23(27)28)10-17(32-24(16)37)15-8-6-7-9-21(15)40-4/h6-13,23H,5H2,1-4H3,(H,33,39)(H,34,38). The zero-order valence-corrected chi connectivity index (χ0v) is 22.0. The third-order valence-electron chi connectivity index (χ3n) is 6.44. The molecule has 0 aliphatic rings. The molecule has 5 aromatic rings. The first-order valence-electron chi connectivity index (χ1n) is 12.2. The molecule has 2 amide bonds. The number of nitrogens with zero attached hydrogens (tertiary/aromatic N) is 7. The van der Waals surface area contributed by atoms with Crippen LogP contribution in [0.2, 0.25) is 0 Å². The van der Waals surface area contributed by atoms with Crippen LogP contribution in [0.4, 0.5) is 20.2 Å². The zero-order chi connectivity index (χ0) is 28.6. The zero-order valence-electron chi connectivity index (χ0n) is 22.0. The molecule has 0 bridgehead atoms. The van der Waals surface area contributed by atoms with Crippen molar-refractivity contribution in [2.75, 3.05) is 17.7 Å². The minimum atomic E-state index is -2.90. The van der Waals surface area contributed by atoms with E-state index in [0.717, 1.165) is 16.4 Å². The van der Waals surface area contributed by atoms with Crippen molar-refractivity contribution in [1.29, 1.82) is 0 Å². The lowest BCUT2D eigenvalue weighted by molar-refractivity contribution is 0.101. The molecule has 0 saturated carbocycles. The number of fused-ring (bicyclic) bond motifs is 1. The smallest absolute Gasteiger partial charge is 0.280 e. The summed E-state index contributed by atoms with van der Waals surface area (Å²) in [6.07, 6.45) is 1.11. The van der Waals surface area contributed by atoms with Crippen LogP contribution in [-0.4, -0.2) is 53.1 Å². The molecular formula is C26H25F2N9O3. The predicted molar refractivity (Wildman–Crippen MR) is 142 cm³/mol. The Morgan fingerprint density at radius 1 is 1.02 bits per heavy atom. The van der Waals surface area contributed by atoms with Gasteiger partial charge < -0.3 is 15.4 Å². The van der Waals surface area contributed by atoms with Crippen LogP contribution < -0.4 is 15.4 Å². The summed E-state index contributed by atoms with van der Waals surface area (Å²) in [7, 11) is 3.21. The van der Waals surface area contributed by atoms with Crippen LogP contribution in [0.15, 0.2) is 48.9 Å². The summed E-state index contributed by atoms with van der Waals surface area (Å²) in [5.41, 5.74) is 1.51. The van der Waals surface area contributed by atoms with Gasteiger partial charge in [0.2, 0.25) is 0 Å². The highest BCUT2D eigenvalue weighted by molar-refractivity contribution is 6.13. The topological polar surface area (TPSA) is 133 Å². The average molecular weight is 550 g/mol. The van der Waals surface area contributed by atoms with Crippen molar-refractivity contribution in [3.8, 4) is 17.0 Å². The van der Waals surface area contributed by atoms with Crippen molar-refractivity contribution in [1.82, 2.24) is 34.2 Å². The van der Waals surface area contributed by atoms with Gasteiger partial charge in [0.25, 0.3) is 18.2 Å². The second kappa shape index (κ2) is 10.6. The van der Waals surface area contributed by atoms with Gasteiger partial charge in [0.1, 0.15) is 22.7 Å². The molecule has 0 saturated heterocycles. The van der Waals surface area contributed by atoms with Gasteiger partial charge in [-0.25, -0.2) is 18.3 Å². The SMILES string of the molecule is CCn1ncc(NC(=O)c2cnn3c(C(F)F)cc(-c4ccccc4OC)nc23)c1C(=O)Nc1cnn(C)c1C. The van der Waals surface area contributed by atoms with Crippen LogP contribution in [0.3, 0.4) is 0 Å². The fraction of sp³-hybridized carbons (Fsp3) is 0.231. The molecule has 14 heteroatoms. The molecule has 4 aromatic heterocycles. The van der Waals surface area contributed by atoms with Crippen LogP contribution in [-0.2, 0) is 13.6 Å². The maximum Gasteiger partial charge on any atom is 0.280 e. The minimum Gasteiger partial charge on any atom is -0.496 e. The second-order valence-corrected chi connectivity index (χ2v) is 8.76. The lowest BCUT2D eigenvalue weighted by Crippen LogP contribution is -2.21. The number of amides is 2. The third kappa shape index (κ3) is 4.63. The van der Waals surface area contributed by atoms with Gasteiger partial charge in [0.15, 0.2) is 5.65 Å². The molecule has 0 atom stereocenters. The van der Waals surface area contributed by atoms with Crippen molar-refractivity contribution in [2.24, 2.45) is 7.05 Å². The summed E-state index contributed by atoms with van der Waals surface area (Å²) in [5.74, 6) is -0.791. The van der Waals surface area contributed by atoms with Crippen LogP contribution >= 0.6 is 0 Å². The van der Waals surface area contributed by atoms with Crippen LogP contribution in [0, 0.1) is 6.92 Å². The Hall–Kier alpha value is -5.14. The number of benzene rings is 1. The largest absolute Gasteiger partial charge is 0.496 e. The van der Waals surface area contributed by atoms with Crippen molar-refractivity contribution < 1.29 is 23.1 Å². The number of ether oxygens (including phenoxy) is 1. The van der Waals surface area contributed by atoms with Crippen LogP contribution in [0.1, 0.15) is 45.6 Å². The summed E-state index contributed by atoms with van der Waals surface area (Å²) in [6, 6.07) is 8.03. The second-order valence-electron chi connectivity index (χ2n) is 8.76. The minimum absolute atomic E-state index is 0.0719. The van der Waals surface area contributed by atoms with Gasteiger partial charge in [-0.2, -0.15) is 15.3 Å². The third-order valence-corrected chi connectivity index (χ3v) is 6.44. The fourth-order valence-electron chi connectivity index (χ4n) is 4.24. The molecule has 4 heterocycles. The van der Waals surface area contributed by atoms with E-state index < -0.39 is 23.9 Å². The number of carbonyl (C=O) groups excluding carboxylic acids is 2. The Labute approximate surface area is 226 Å². The van der Waals surface area contributed by atoms with Crippen molar-refractivity contribution in [3.05, 3.63) is 71.6 Å². The number of halogens is 2. The number of para-hydroxylation sites is 1. The normalized spacial score (nSPS) is 11.3. The molecule has 0 unspecified atom stereocenters. The van der Waals surface area contributed by atoms with E-state index in [9.17, 15) is 18.4 Å². The molecule has 0 radical (unpaired) electrons. The van der Waals surface area contributed by atoms with Gasteiger partial charge >= 0.3 is 0 Å². The molecule has 12 nitrogen and oxygen atoms in total. The lowest BCUT2D eigenvalue weighted by Gasteiger charge is -2.11. The molecule has 0 spiro atoms. The Morgan fingerprint density at radius 2 is 1.75 bits per heavy atom. The molecule has 40 heavy (non-hydrogen) atoms. The van der Waals surface area contributed by atoms with Gasteiger partial charge in [0.05, 0.1) is 48.5 Å². The van der Waals surface area contributed by atoms with Crippen LogP contribution in [0.25, 0.3) is 16.9 Å². The number of carbonyl (C=O) groups is 2. The Balaban J connectivity index is 1.53. The van der Waals surface area contributed by atoms with Gasteiger partial charge in [0, 0.05) is 19.2 Å². The number of alkyl halides is 2. The quantitative estimate of drug-likeness (QED) is 0.298. The molecular weight excluding hydrogens is 524 g/mol. The summed E-state index contributed by atoms with van der Waals surface area (Å²) in [5, 5.41) is 17.8. The van der Waals surface area contributed by atoms with Gasteiger partial charge in [-0.3, -0.25) is 19.0 Å². The average Bonchev–Trinajstić information content (AvgIpc) is 3.65. The number of rotatable bonds is 8. The van der Waals surface area contributed by atoms with E-state index in [-0.39, 0.29) is 28.3 Å². The summed E-state index contributed by atoms with van der Waals surface area (Å²) in [4.78, 5) is 31.1. The highest BCUT2D eigenvalue weighted by atomic mass is 19.3. The molecule has 206 valence electrons. The van der Waals surface area contributed by atoms with Gasteiger partial charge in [-0.15, -0.1) is 0 Å². The molecule has 2 N–H and O–H groups in total. The number of hydrogen-bond acceptors (Lipinski definition) is 7. The molecule has 0 aliphatic heterocycles. The maximum atomic E-state index is 14.0. The fourth-order valence-corrected chi connectivity index (χ4v) is 4.24. The predicted octanol–water partition coefficient (Wildman–Crippen LogP) is 4.11. The maximum absolute atomic E-state index is 14.0. The Bertz CT molecular complexity index is 1740. The van der Waals surface area contributed by atoms with Gasteiger partial charge in [-0.05, 0) is 32.0 Å². The van der Waals surface area contributed by atoms with Gasteiger partial charge in [-0.1, -0.05) is 12.1 Å². The van der Waals surface area contributed by atoms with E-state index in [1.807, 2.05) is 0 Å². The number of aromatic nitrogens is 7. The lowest BCUT2D eigenvalue weighted by atomic mass is 10.1. The van der Waals surface area contributed by atoms with E-state index in [4.69, 9.17) is 4.74 Å². The first-order chi connectivity index (χ1) is 19.2. The first-order valence-corrected chi connectivity index (χ1v) is 12.2. The number of hydrogen-bond donors (Lipinski definition) is 2. The highest BCUT2D eigenvalue weighted by Crippen LogP contribution is 2.32. The van der Waals surface area contributed by atoms with E-state index >= 15 is 0 Å². The molecule has 0 fully saturated rings. The van der Waals surface area contributed by atoms with Crippen molar-refractivity contribution in [2.45, 2.75) is 26.8 Å². The number of aryl methyl sites for hydroxylation is 2. The number of nitrogens with one attached hydrogen (secondary N) is 2. The number of anilines is 2. The Morgan fingerprint density at radius 3 is 2.42 bits per heavy atom. The van der Waals surface area contributed by atoms with E-state index in [1.54, 1.807) is 49.8 Å². The first kappa shape index (κ1) is 26.5. The van der Waals surface area contributed by atoms with E-state index in [0.29, 0.717) is 23.5 Å². The Kier molecular flexibility index (Phi) is 6.98. The summed E-state index contributed by atoms with van der Waals surface area (Å²) < 4.78 is 37.4. The molecule has 0 aliphatic carbocycles. The highest BCUT2D eigenvalue weighted by Gasteiger charge is 2.25. The number of methoxy groups -OCH3 is 1. The monoisotopic (exact) mass is 549 g/mol. The van der Waals surface area contributed by atoms with E-state index in [1.165, 1.54) is 30.3 Å².